The van der Waals surface area contributed by atoms with Crippen molar-refractivity contribution in [3.8, 4) is 0 Å². The first-order chi connectivity index (χ1) is 9.84. The van der Waals surface area contributed by atoms with Gasteiger partial charge in [0, 0.05) is 23.3 Å². The normalized spacial score (nSPS) is 16.1. The lowest BCUT2D eigenvalue weighted by atomic mass is 10.1. The molecule has 1 aliphatic carbocycles. The van der Waals surface area contributed by atoms with E-state index in [4.69, 9.17) is 10.7 Å². The van der Waals surface area contributed by atoms with Gasteiger partial charge in [0.15, 0.2) is 0 Å². The van der Waals surface area contributed by atoms with Gasteiger partial charge in [-0.3, -0.25) is 4.79 Å². The molecule has 0 aliphatic heterocycles. The van der Waals surface area contributed by atoms with Crippen molar-refractivity contribution in [3.63, 3.8) is 0 Å². The molecule has 7 heteroatoms. The number of hydrogen-bond donors (Lipinski definition) is 0. The highest BCUT2D eigenvalue weighted by atomic mass is 35.7. The van der Waals surface area contributed by atoms with Crippen molar-refractivity contribution >= 4 is 25.6 Å². The zero-order chi connectivity index (χ0) is 15.6. The van der Waals surface area contributed by atoms with Crippen molar-refractivity contribution in [2.45, 2.75) is 43.5 Å². The molecule has 2 rings (SSSR count). The number of nitrogens with zero attached hydrogens (tertiary/aromatic N) is 1. The fourth-order valence-corrected chi connectivity index (χ4v) is 3.54. The maximum Gasteiger partial charge on any atom is 0.261 e. The van der Waals surface area contributed by atoms with Gasteiger partial charge in [0.05, 0.1) is 10.5 Å². The molecule has 0 spiro atoms. The van der Waals surface area contributed by atoms with E-state index in [1.54, 1.807) is 4.90 Å². The Bertz CT molecular complexity index is 642. The molecule has 1 aromatic carbocycles. The second-order valence-corrected chi connectivity index (χ2v) is 7.67. The predicted octanol–water partition coefficient (Wildman–Crippen LogP) is 3.16. The molecule has 0 saturated heterocycles. The van der Waals surface area contributed by atoms with Crippen LogP contribution in [0.1, 0.15) is 43.0 Å². The van der Waals surface area contributed by atoms with E-state index in [-0.39, 0.29) is 16.5 Å². The molecule has 0 bridgehead atoms. The van der Waals surface area contributed by atoms with E-state index in [0.29, 0.717) is 6.54 Å². The lowest BCUT2D eigenvalue weighted by Gasteiger charge is -2.28. The summed E-state index contributed by atoms with van der Waals surface area (Å²) in [4.78, 5) is 13.9. The van der Waals surface area contributed by atoms with Gasteiger partial charge < -0.3 is 4.90 Å². The van der Waals surface area contributed by atoms with Crippen molar-refractivity contribution in [2.24, 2.45) is 0 Å². The van der Waals surface area contributed by atoms with Crippen LogP contribution in [0.5, 0.6) is 0 Å². The molecule has 1 aromatic rings. The molecule has 0 N–H and O–H groups in total. The number of hydrogen-bond acceptors (Lipinski definition) is 3. The average molecular weight is 334 g/mol. The summed E-state index contributed by atoms with van der Waals surface area (Å²) in [6.07, 6.45) is 3.89. The minimum atomic E-state index is -3.99. The number of carbonyl (C=O) groups is 1. The molecule has 21 heavy (non-hydrogen) atoms. The minimum Gasteiger partial charge on any atom is -0.336 e. The summed E-state index contributed by atoms with van der Waals surface area (Å²) >= 11 is 0. The van der Waals surface area contributed by atoms with Gasteiger partial charge in [-0.25, -0.2) is 12.8 Å². The molecule has 1 fully saturated rings. The Morgan fingerprint density at radius 3 is 2.52 bits per heavy atom. The Labute approximate surface area is 128 Å². The molecule has 1 amide bonds. The summed E-state index contributed by atoms with van der Waals surface area (Å²) in [6, 6.07) is 3.13. The fraction of sp³-hybridized carbons (Fsp3) is 0.500. The fourth-order valence-electron chi connectivity index (χ4n) is 2.76. The van der Waals surface area contributed by atoms with Crippen LogP contribution >= 0.6 is 10.7 Å². The molecule has 0 unspecified atom stereocenters. The SMILES string of the molecule is CCN(C(=O)c1cc(S(=O)(=O)Cl)ccc1F)C1CCCC1. The van der Waals surface area contributed by atoms with Gasteiger partial charge in [-0.2, -0.15) is 0 Å². The zero-order valence-corrected chi connectivity index (χ0v) is 13.3. The first-order valence-electron chi connectivity index (χ1n) is 6.89. The number of halogens is 2. The Morgan fingerprint density at radius 2 is 2.00 bits per heavy atom. The maximum atomic E-state index is 13.9. The standard InChI is InChI=1S/C14H17ClFNO3S/c1-2-17(10-5-3-4-6-10)14(18)12-9-11(21(15,19)20)7-8-13(12)16/h7-10H,2-6H2,1H3. The minimum absolute atomic E-state index is 0.0955. The van der Waals surface area contributed by atoms with Crippen LogP contribution in [0, 0.1) is 5.82 Å². The van der Waals surface area contributed by atoms with Crippen LogP contribution in [-0.2, 0) is 9.05 Å². The summed E-state index contributed by atoms with van der Waals surface area (Å²) in [7, 11) is 1.26. The summed E-state index contributed by atoms with van der Waals surface area (Å²) in [5.74, 6) is -1.22. The first kappa shape index (κ1) is 16.2. The molecule has 1 aliphatic rings. The lowest BCUT2D eigenvalue weighted by molar-refractivity contribution is 0.0688. The van der Waals surface area contributed by atoms with E-state index in [9.17, 15) is 17.6 Å². The Balaban J connectivity index is 2.37. The third-order valence-electron chi connectivity index (χ3n) is 3.82. The van der Waals surface area contributed by atoms with Gasteiger partial charge >= 0.3 is 0 Å². The maximum absolute atomic E-state index is 13.9. The van der Waals surface area contributed by atoms with Crippen molar-refractivity contribution in [2.75, 3.05) is 6.54 Å². The first-order valence-corrected chi connectivity index (χ1v) is 9.20. The smallest absolute Gasteiger partial charge is 0.261 e. The van der Waals surface area contributed by atoms with E-state index in [1.165, 1.54) is 0 Å². The Kier molecular flexibility index (Phi) is 4.88. The summed E-state index contributed by atoms with van der Waals surface area (Å²) in [6.45, 7) is 2.29. The van der Waals surface area contributed by atoms with Gasteiger partial charge in [-0.15, -0.1) is 0 Å². The molecule has 116 valence electrons. The van der Waals surface area contributed by atoms with Gasteiger partial charge in [0.2, 0.25) is 0 Å². The topological polar surface area (TPSA) is 54.5 Å². The number of benzene rings is 1. The second-order valence-electron chi connectivity index (χ2n) is 5.11. The highest BCUT2D eigenvalue weighted by Gasteiger charge is 2.28. The lowest BCUT2D eigenvalue weighted by Crippen LogP contribution is -2.39. The van der Waals surface area contributed by atoms with Crippen LogP contribution in [0.3, 0.4) is 0 Å². The largest absolute Gasteiger partial charge is 0.336 e. The predicted molar refractivity (Wildman–Crippen MR) is 78.4 cm³/mol. The van der Waals surface area contributed by atoms with Crippen LogP contribution in [-0.4, -0.2) is 31.8 Å². The Morgan fingerprint density at radius 1 is 1.38 bits per heavy atom. The molecular weight excluding hydrogens is 317 g/mol. The quantitative estimate of drug-likeness (QED) is 0.795. The monoisotopic (exact) mass is 333 g/mol. The molecule has 4 nitrogen and oxygen atoms in total. The van der Waals surface area contributed by atoms with E-state index in [1.807, 2.05) is 6.92 Å². The molecule has 0 radical (unpaired) electrons. The van der Waals surface area contributed by atoms with E-state index < -0.39 is 20.8 Å². The number of carbonyl (C=O) groups excluding carboxylic acids is 1. The van der Waals surface area contributed by atoms with Gasteiger partial charge in [0.1, 0.15) is 5.82 Å². The van der Waals surface area contributed by atoms with Crippen LogP contribution < -0.4 is 0 Å². The van der Waals surface area contributed by atoms with Gasteiger partial charge in [0.25, 0.3) is 15.0 Å². The summed E-state index contributed by atoms with van der Waals surface area (Å²) in [5.41, 5.74) is -0.245. The number of rotatable bonds is 4. The molecular formula is C14H17ClFNO3S. The summed E-state index contributed by atoms with van der Waals surface area (Å²) < 4.78 is 36.6. The zero-order valence-electron chi connectivity index (χ0n) is 11.7. The van der Waals surface area contributed by atoms with Crippen molar-refractivity contribution in [1.29, 1.82) is 0 Å². The van der Waals surface area contributed by atoms with Crippen LogP contribution in [0.15, 0.2) is 23.1 Å². The second kappa shape index (κ2) is 6.32. The van der Waals surface area contributed by atoms with Crippen molar-refractivity contribution < 1.29 is 17.6 Å². The van der Waals surface area contributed by atoms with Gasteiger partial charge in [-0.1, -0.05) is 12.8 Å². The third-order valence-corrected chi connectivity index (χ3v) is 5.17. The summed E-state index contributed by atoms with van der Waals surface area (Å²) in [5, 5.41) is 0. The molecule has 0 aromatic heterocycles. The van der Waals surface area contributed by atoms with Crippen LogP contribution in [0.4, 0.5) is 4.39 Å². The third kappa shape index (κ3) is 3.55. The Hall–Kier alpha value is -1.14. The van der Waals surface area contributed by atoms with Crippen LogP contribution in [0.25, 0.3) is 0 Å². The van der Waals surface area contributed by atoms with E-state index in [2.05, 4.69) is 0 Å². The number of amides is 1. The van der Waals surface area contributed by atoms with Crippen molar-refractivity contribution in [1.82, 2.24) is 4.90 Å². The van der Waals surface area contributed by atoms with Gasteiger partial charge in [-0.05, 0) is 38.0 Å². The van der Waals surface area contributed by atoms with Crippen molar-refractivity contribution in [3.05, 3.63) is 29.6 Å². The van der Waals surface area contributed by atoms with E-state index >= 15 is 0 Å². The molecule has 0 heterocycles. The van der Waals surface area contributed by atoms with E-state index in [0.717, 1.165) is 43.9 Å². The highest BCUT2D eigenvalue weighted by molar-refractivity contribution is 8.13. The average Bonchev–Trinajstić information content (AvgIpc) is 2.92. The van der Waals surface area contributed by atoms with Crippen LogP contribution in [0.2, 0.25) is 0 Å². The molecule has 0 atom stereocenters. The molecule has 1 saturated carbocycles. The highest BCUT2D eigenvalue weighted by Crippen LogP contribution is 2.26.